The summed E-state index contributed by atoms with van der Waals surface area (Å²) in [6, 6.07) is 16.5. The highest BCUT2D eigenvalue weighted by Gasteiger charge is 2.30. The zero-order chi connectivity index (χ0) is 26.8. The summed E-state index contributed by atoms with van der Waals surface area (Å²) in [4.78, 5) is 28.6. The first kappa shape index (κ1) is 28.7. The number of carbonyl (C=O) groups is 2. The summed E-state index contributed by atoms with van der Waals surface area (Å²) in [5.74, 6) is -0.244. The maximum Gasteiger partial charge on any atom is 0.243 e. The normalized spacial score (nSPS) is 15.1. The second-order valence-corrected chi connectivity index (χ2v) is 12.0. The molecule has 1 aliphatic rings. The summed E-state index contributed by atoms with van der Waals surface area (Å²) in [6.45, 7) is 4.47. The van der Waals surface area contributed by atoms with Crippen LogP contribution in [0.2, 0.25) is 0 Å². The summed E-state index contributed by atoms with van der Waals surface area (Å²) in [5.41, 5.74) is 2.64. The largest absolute Gasteiger partial charge is 0.352 e. The average Bonchev–Trinajstić information content (AvgIpc) is 2.87. The third kappa shape index (κ3) is 8.59. The quantitative estimate of drug-likeness (QED) is 0.430. The van der Waals surface area contributed by atoms with E-state index in [4.69, 9.17) is 0 Å². The zero-order valence-electron chi connectivity index (χ0n) is 22.4. The van der Waals surface area contributed by atoms with Crippen LogP contribution in [0.15, 0.2) is 54.6 Å². The number of hydrogen-bond donors (Lipinski definition) is 1. The van der Waals surface area contributed by atoms with Crippen LogP contribution in [0.25, 0.3) is 0 Å². The van der Waals surface area contributed by atoms with Crippen LogP contribution in [0.5, 0.6) is 0 Å². The van der Waals surface area contributed by atoms with E-state index in [1.54, 1.807) is 29.2 Å². The molecule has 2 aromatic rings. The van der Waals surface area contributed by atoms with Crippen LogP contribution >= 0.6 is 0 Å². The first-order valence-electron chi connectivity index (χ1n) is 13.4. The standard InChI is InChI=1S/C29H41N3O4S/c1-4-27(29(34)30-25-15-7-5-8-16-25)31(22-24-14-11-13-23(2)21-24)28(33)19-12-20-32(37(3,35)36)26-17-9-6-10-18-26/h6,9-11,13-14,17-18,21,25,27H,4-5,7-8,12,15-16,19-20,22H2,1-3H3,(H,30,34). The SMILES string of the molecule is CCC(C(=O)NC1CCCCC1)N(Cc1cccc(C)c1)C(=O)CCCN(c1ccccc1)S(C)(=O)=O. The summed E-state index contributed by atoms with van der Waals surface area (Å²) in [7, 11) is -3.50. The highest BCUT2D eigenvalue weighted by Crippen LogP contribution is 2.21. The number of aryl methyl sites for hydroxylation is 1. The van der Waals surface area contributed by atoms with Crippen molar-refractivity contribution in [2.75, 3.05) is 17.1 Å². The fourth-order valence-corrected chi connectivity index (χ4v) is 6.03. The van der Waals surface area contributed by atoms with Gasteiger partial charge in [0.05, 0.1) is 11.9 Å². The summed E-state index contributed by atoms with van der Waals surface area (Å²) >= 11 is 0. The van der Waals surface area contributed by atoms with Crippen LogP contribution < -0.4 is 9.62 Å². The molecule has 1 aliphatic carbocycles. The van der Waals surface area contributed by atoms with Crippen molar-refractivity contribution in [3.63, 3.8) is 0 Å². The van der Waals surface area contributed by atoms with Gasteiger partial charge in [-0.2, -0.15) is 0 Å². The van der Waals surface area contributed by atoms with Gasteiger partial charge in [-0.3, -0.25) is 13.9 Å². The first-order chi connectivity index (χ1) is 17.7. The molecule has 8 heteroatoms. The van der Waals surface area contributed by atoms with Crippen molar-refractivity contribution in [1.29, 1.82) is 0 Å². The molecule has 0 aromatic heterocycles. The molecule has 0 radical (unpaired) electrons. The molecule has 0 aliphatic heterocycles. The molecule has 1 unspecified atom stereocenters. The number of para-hydroxylation sites is 1. The lowest BCUT2D eigenvalue weighted by Gasteiger charge is -2.33. The van der Waals surface area contributed by atoms with E-state index in [1.165, 1.54) is 17.0 Å². The van der Waals surface area contributed by atoms with Crippen molar-refractivity contribution in [2.24, 2.45) is 0 Å². The number of nitrogens with one attached hydrogen (secondary N) is 1. The Morgan fingerprint density at radius 3 is 2.35 bits per heavy atom. The number of nitrogens with zero attached hydrogens (tertiary/aromatic N) is 2. The van der Waals surface area contributed by atoms with Crippen molar-refractivity contribution < 1.29 is 18.0 Å². The van der Waals surface area contributed by atoms with E-state index in [9.17, 15) is 18.0 Å². The van der Waals surface area contributed by atoms with Crippen LogP contribution in [0, 0.1) is 6.92 Å². The Morgan fingerprint density at radius 2 is 1.73 bits per heavy atom. The maximum absolute atomic E-state index is 13.6. The molecule has 202 valence electrons. The van der Waals surface area contributed by atoms with Gasteiger partial charge >= 0.3 is 0 Å². The lowest BCUT2D eigenvalue weighted by Crippen LogP contribution is -2.51. The monoisotopic (exact) mass is 527 g/mol. The fourth-order valence-electron chi connectivity index (χ4n) is 5.07. The van der Waals surface area contributed by atoms with Crippen molar-refractivity contribution in [2.45, 2.75) is 83.8 Å². The Morgan fingerprint density at radius 1 is 1.03 bits per heavy atom. The van der Waals surface area contributed by atoms with E-state index in [2.05, 4.69) is 5.32 Å². The molecule has 2 amide bonds. The third-order valence-electron chi connectivity index (χ3n) is 6.97. The minimum atomic E-state index is -3.50. The molecule has 0 heterocycles. The van der Waals surface area contributed by atoms with Gasteiger partial charge in [-0.1, -0.05) is 74.2 Å². The van der Waals surface area contributed by atoms with E-state index >= 15 is 0 Å². The number of anilines is 1. The number of hydrogen-bond acceptors (Lipinski definition) is 4. The van der Waals surface area contributed by atoms with Crippen LogP contribution in [0.1, 0.15) is 69.4 Å². The Hall–Kier alpha value is -2.87. The van der Waals surface area contributed by atoms with Gasteiger partial charge in [0.1, 0.15) is 6.04 Å². The van der Waals surface area contributed by atoms with E-state index in [0.717, 1.165) is 36.8 Å². The molecule has 1 fully saturated rings. The van der Waals surface area contributed by atoms with Crippen LogP contribution in [0.4, 0.5) is 5.69 Å². The minimum Gasteiger partial charge on any atom is -0.352 e. The van der Waals surface area contributed by atoms with Gasteiger partial charge in [-0.25, -0.2) is 8.42 Å². The molecule has 3 rings (SSSR count). The molecule has 1 N–H and O–H groups in total. The number of rotatable bonds is 12. The zero-order valence-corrected chi connectivity index (χ0v) is 23.2. The van der Waals surface area contributed by atoms with Crippen molar-refractivity contribution in [3.8, 4) is 0 Å². The summed E-state index contributed by atoms with van der Waals surface area (Å²) < 4.78 is 26.2. The molecule has 0 bridgehead atoms. The highest BCUT2D eigenvalue weighted by atomic mass is 32.2. The maximum atomic E-state index is 13.6. The highest BCUT2D eigenvalue weighted by molar-refractivity contribution is 7.92. The van der Waals surface area contributed by atoms with Gasteiger partial charge in [0.2, 0.25) is 21.8 Å². The van der Waals surface area contributed by atoms with E-state index in [1.807, 2.05) is 44.2 Å². The van der Waals surface area contributed by atoms with Gasteiger partial charge in [-0.05, 0) is 50.3 Å². The summed E-state index contributed by atoms with van der Waals surface area (Å²) in [6.07, 6.45) is 7.59. The molecule has 37 heavy (non-hydrogen) atoms. The Labute approximate surface area is 222 Å². The molecule has 2 aromatic carbocycles. The Bertz CT molecular complexity index is 1130. The van der Waals surface area contributed by atoms with E-state index < -0.39 is 16.1 Å². The van der Waals surface area contributed by atoms with Gasteiger partial charge in [0, 0.05) is 25.6 Å². The fraction of sp³-hybridized carbons (Fsp3) is 0.517. The van der Waals surface area contributed by atoms with Gasteiger partial charge in [-0.15, -0.1) is 0 Å². The molecular weight excluding hydrogens is 486 g/mol. The second kappa shape index (κ2) is 13.6. The molecule has 1 atom stereocenters. The Kier molecular flexibility index (Phi) is 10.6. The molecule has 7 nitrogen and oxygen atoms in total. The second-order valence-electron chi connectivity index (χ2n) is 10.1. The average molecular weight is 528 g/mol. The third-order valence-corrected chi connectivity index (χ3v) is 8.16. The topological polar surface area (TPSA) is 86.8 Å². The van der Waals surface area contributed by atoms with E-state index in [-0.39, 0.29) is 30.8 Å². The lowest BCUT2D eigenvalue weighted by molar-refractivity contribution is -0.141. The molecule has 1 saturated carbocycles. The van der Waals surface area contributed by atoms with Crippen molar-refractivity contribution >= 4 is 27.5 Å². The summed E-state index contributed by atoms with van der Waals surface area (Å²) in [5, 5.41) is 3.20. The van der Waals surface area contributed by atoms with Crippen LogP contribution in [0.3, 0.4) is 0 Å². The van der Waals surface area contributed by atoms with Crippen LogP contribution in [-0.2, 0) is 26.2 Å². The van der Waals surface area contributed by atoms with Gasteiger partial charge < -0.3 is 10.2 Å². The predicted molar refractivity (Wildman–Crippen MR) is 149 cm³/mol. The Balaban J connectivity index is 1.74. The van der Waals surface area contributed by atoms with Gasteiger partial charge in [0.15, 0.2) is 0 Å². The lowest BCUT2D eigenvalue weighted by atomic mass is 9.95. The molecule has 0 spiro atoms. The number of sulfonamides is 1. The van der Waals surface area contributed by atoms with Gasteiger partial charge in [0.25, 0.3) is 0 Å². The number of benzene rings is 2. The van der Waals surface area contributed by atoms with Crippen molar-refractivity contribution in [3.05, 3.63) is 65.7 Å². The van der Waals surface area contributed by atoms with Crippen LogP contribution in [-0.4, -0.2) is 50.0 Å². The van der Waals surface area contributed by atoms with E-state index in [0.29, 0.717) is 25.1 Å². The predicted octanol–water partition coefficient (Wildman–Crippen LogP) is 4.80. The smallest absolute Gasteiger partial charge is 0.243 e. The molecule has 0 saturated heterocycles. The number of amides is 2. The molecular formula is C29H41N3O4S. The van der Waals surface area contributed by atoms with Crippen molar-refractivity contribution in [1.82, 2.24) is 10.2 Å². The minimum absolute atomic E-state index is 0.0996. The number of carbonyl (C=O) groups excluding carboxylic acids is 2. The first-order valence-corrected chi connectivity index (χ1v) is 15.2.